The lowest BCUT2D eigenvalue weighted by molar-refractivity contribution is 0.0435. The number of hydrogen-bond acceptors (Lipinski definition) is 3. The van der Waals surface area contributed by atoms with Crippen LogP contribution >= 0.6 is 0 Å². The summed E-state index contributed by atoms with van der Waals surface area (Å²) in [5.41, 5.74) is 4.21. The van der Waals surface area contributed by atoms with Crippen LogP contribution in [0.2, 0.25) is 0 Å². The molecule has 3 fully saturated rings. The van der Waals surface area contributed by atoms with Crippen molar-refractivity contribution in [2.75, 3.05) is 6.61 Å². The minimum Gasteiger partial charge on any atom is -0.396 e. The zero-order chi connectivity index (χ0) is 21.2. The number of fused-ring (bicyclic) bond motifs is 1. The van der Waals surface area contributed by atoms with Crippen molar-refractivity contribution in [1.29, 1.82) is 0 Å². The molecular weight excluding hydrogens is 360 g/mol. The van der Waals surface area contributed by atoms with Crippen LogP contribution in [0, 0.1) is 22.7 Å². The number of aliphatic hydroxyl groups excluding tert-OH is 3. The Morgan fingerprint density at radius 1 is 1.10 bits per heavy atom. The third-order valence-electron chi connectivity index (χ3n) is 8.54. The van der Waals surface area contributed by atoms with Crippen molar-refractivity contribution in [2.45, 2.75) is 97.7 Å². The smallest absolute Gasteiger partial charge is 0.0812 e. The van der Waals surface area contributed by atoms with E-state index in [9.17, 15) is 10.2 Å². The predicted molar refractivity (Wildman–Crippen MR) is 119 cm³/mol. The summed E-state index contributed by atoms with van der Waals surface area (Å²) >= 11 is 0. The van der Waals surface area contributed by atoms with E-state index >= 15 is 0 Å². The van der Waals surface area contributed by atoms with Crippen molar-refractivity contribution in [2.24, 2.45) is 22.7 Å². The van der Waals surface area contributed by atoms with Gasteiger partial charge in [-0.25, -0.2) is 0 Å². The molecule has 3 heteroatoms. The Morgan fingerprint density at radius 3 is 2.41 bits per heavy atom. The van der Waals surface area contributed by atoms with E-state index in [0.717, 1.165) is 11.5 Å². The van der Waals surface area contributed by atoms with Crippen LogP contribution in [0.4, 0.5) is 0 Å². The highest BCUT2D eigenvalue weighted by Gasteiger charge is 2.53. The van der Waals surface area contributed by atoms with Crippen molar-refractivity contribution >= 4 is 0 Å². The molecule has 0 aromatic carbocycles. The van der Waals surface area contributed by atoms with Crippen molar-refractivity contribution in [3.63, 3.8) is 0 Å². The number of hydrogen-bond donors (Lipinski definition) is 3. The molecule has 2 unspecified atom stereocenters. The highest BCUT2D eigenvalue weighted by Crippen LogP contribution is 2.62. The molecule has 0 heterocycles. The van der Waals surface area contributed by atoms with E-state index in [1.807, 2.05) is 0 Å². The molecule has 3 aliphatic carbocycles. The van der Waals surface area contributed by atoms with E-state index in [-0.39, 0.29) is 6.61 Å². The van der Waals surface area contributed by atoms with Crippen LogP contribution in [0.15, 0.2) is 34.9 Å². The fraction of sp³-hybridized carbons (Fsp3) is 0.769. The molecule has 0 amide bonds. The van der Waals surface area contributed by atoms with Crippen LogP contribution in [0.25, 0.3) is 0 Å². The van der Waals surface area contributed by atoms with Gasteiger partial charge in [0.15, 0.2) is 0 Å². The Balaban J connectivity index is 1.76. The quantitative estimate of drug-likeness (QED) is 0.546. The molecule has 0 saturated heterocycles. The molecule has 0 aromatic rings. The van der Waals surface area contributed by atoms with E-state index < -0.39 is 12.2 Å². The molecule has 0 radical (unpaired) electrons. The third-order valence-corrected chi connectivity index (χ3v) is 8.54. The van der Waals surface area contributed by atoms with Gasteiger partial charge in [-0.2, -0.15) is 0 Å². The van der Waals surface area contributed by atoms with Crippen LogP contribution in [0.3, 0.4) is 0 Å². The lowest BCUT2D eigenvalue weighted by Gasteiger charge is -2.48. The first-order chi connectivity index (χ1) is 13.7. The van der Waals surface area contributed by atoms with Crippen molar-refractivity contribution in [3.05, 3.63) is 34.9 Å². The summed E-state index contributed by atoms with van der Waals surface area (Å²) in [5, 5.41) is 29.9. The van der Waals surface area contributed by atoms with Gasteiger partial charge in [-0.15, -0.1) is 0 Å². The van der Waals surface area contributed by atoms with Crippen LogP contribution in [-0.4, -0.2) is 34.1 Å². The van der Waals surface area contributed by atoms with Gasteiger partial charge in [0.05, 0.1) is 12.2 Å². The summed E-state index contributed by atoms with van der Waals surface area (Å²) in [6, 6.07) is 0. The van der Waals surface area contributed by atoms with Crippen molar-refractivity contribution in [3.8, 4) is 0 Å². The summed E-state index contributed by atoms with van der Waals surface area (Å²) in [7, 11) is 0. The Kier molecular flexibility index (Phi) is 7.13. The van der Waals surface area contributed by atoms with Gasteiger partial charge in [0.25, 0.3) is 0 Å². The van der Waals surface area contributed by atoms with Gasteiger partial charge in [-0.1, -0.05) is 63.5 Å². The third kappa shape index (κ3) is 4.57. The lowest BCUT2D eigenvalue weighted by Crippen LogP contribution is -2.39. The fourth-order valence-electron chi connectivity index (χ4n) is 6.67. The zero-order valence-corrected chi connectivity index (χ0v) is 19.0. The minimum atomic E-state index is -0.632. The summed E-state index contributed by atoms with van der Waals surface area (Å²) in [6.45, 7) is 9.84. The topological polar surface area (TPSA) is 60.7 Å². The summed E-state index contributed by atoms with van der Waals surface area (Å²) in [4.78, 5) is 0. The number of rotatable bonds is 5. The zero-order valence-electron chi connectivity index (χ0n) is 19.0. The van der Waals surface area contributed by atoms with Gasteiger partial charge in [0.1, 0.15) is 0 Å². The van der Waals surface area contributed by atoms with Crippen LogP contribution in [0.1, 0.15) is 85.5 Å². The standard InChI is InChI=1S/C26H42O3/c1-5-25(2,3)24-13-12-21-19(8-6-14-26(21,24)4)11-10-18-16-22(28)20(9-7-15-27)23(29)17-18/h9-11,21-24,27-29H,5-8,12-17H2,1-4H3/b18-10?,19-11+,20-9?/t21?,22-,23-,24?,26+/m1/s1. The molecule has 0 bridgehead atoms. The second-order valence-electron chi connectivity index (χ2n) is 10.6. The van der Waals surface area contributed by atoms with Gasteiger partial charge < -0.3 is 15.3 Å². The normalized spacial score (nSPS) is 37.0. The maximum absolute atomic E-state index is 10.4. The Bertz CT molecular complexity index is 655. The predicted octanol–water partition coefficient (Wildman–Crippen LogP) is 5.32. The van der Waals surface area contributed by atoms with E-state index in [1.54, 1.807) is 11.6 Å². The average Bonchev–Trinajstić information content (AvgIpc) is 3.04. The second kappa shape index (κ2) is 9.08. The molecule has 0 aromatic heterocycles. The molecule has 3 N–H and O–H groups in total. The largest absolute Gasteiger partial charge is 0.396 e. The van der Waals surface area contributed by atoms with Gasteiger partial charge >= 0.3 is 0 Å². The highest BCUT2D eigenvalue weighted by atomic mass is 16.3. The van der Waals surface area contributed by atoms with Gasteiger partial charge in [0.2, 0.25) is 0 Å². The van der Waals surface area contributed by atoms with Gasteiger partial charge in [-0.05, 0) is 79.6 Å². The molecule has 0 aliphatic heterocycles. The first-order valence-electron chi connectivity index (χ1n) is 11.8. The molecule has 29 heavy (non-hydrogen) atoms. The van der Waals surface area contributed by atoms with E-state index in [2.05, 4.69) is 39.8 Å². The molecule has 3 rings (SSSR count). The second-order valence-corrected chi connectivity index (χ2v) is 10.6. The number of allylic oxidation sites excluding steroid dienone is 3. The molecular formula is C26H42O3. The monoisotopic (exact) mass is 402 g/mol. The maximum atomic E-state index is 10.4. The van der Waals surface area contributed by atoms with Crippen LogP contribution < -0.4 is 0 Å². The SMILES string of the molecule is CCC(C)(C)C1CCC2/C(=C/C=C3C[C@@H](O)C(=CCCO)[C@H](O)C3)CCC[C@@]21C. The maximum Gasteiger partial charge on any atom is 0.0812 e. The summed E-state index contributed by atoms with van der Waals surface area (Å²) in [6.07, 6.45) is 14.4. The highest BCUT2D eigenvalue weighted by molar-refractivity contribution is 5.30. The van der Waals surface area contributed by atoms with Gasteiger partial charge in [0, 0.05) is 6.61 Å². The van der Waals surface area contributed by atoms with Crippen molar-refractivity contribution < 1.29 is 15.3 Å². The Labute approximate surface area is 177 Å². The molecule has 5 atom stereocenters. The minimum absolute atomic E-state index is 0.0493. The van der Waals surface area contributed by atoms with E-state index in [4.69, 9.17) is 5.11 Å². The first kappa shape index (κ1) is 22.8. The Morgan fingerprint density at radius 2 is 1.79 bits per heavy atom. The molecule has 3 nitrogen and oxygen atoms in total. The molecule has 3 saturated carbocycles. The average molecular weight is 403 g/mol. The molecule has 164 valence electrons. The molecule has 3 aliphatic rings. The Hall–Kier alpha value is -0.900. The van der Waals surface area contributed by atoms with Crippen molar-refractivity contribution in [1.82, 2.24) is 0 Å². The first-order valence-corrected chi connectivity index (χ1v) is 11.8. The lowest BCUT2D eigenvalue weighted by atomic mass is 9.57. The van der Waals surface area contributed by atoms with Crippen LogP contribution in [-0.2, 0) is 0 Å². The molecule has 0 spiro atoms. The number of aliphatic hydroxyl groups is 3. The fourth-order valence-corrected chi connectivity index (χ4v) is 6.67. The summed E-state index contributed by atoms with van der Waals surface area (Å²) < 4.78 is 0. The van der Waals surface area contributed by atoms with E-state index in [1.165, 1.54) is 38.5 Å². The van der Waals surface area contributed by atoms with Crippen LogP contribution in [0.5, 0.6) is 0 Å². The summed E-state index contributed by atoms with van der Waals surface area (Å²) in [5.74, 6) is 1.47. The van der Waals surface area contributed by atoms with E-state index in [0.29, 0.717) is 41.6 Å². The van der Waals surface area contributed by atoms with Gasteiger partial charge in [-0.3, -0.25) is 0 Å².